The summed E-state index contributed by atoms with van der Waals surface area (Å²) in [4.78, 5) is 29.9. The smallest absolute Gasteiger partial charge is 0.255 e. The predicted octanol–water partition coefficient (Wildman–Crippen LogP) is 4.91. The van der Waals surface area contributed by atoms with Crippen LogP contribution in [0.4, 0.5) is 5.69 Å². The lowest BCUT2D eigenvalue weighted by molar-refractivity contribution is -0.131. The number of methoxy groups -OCH3 is 1. The van der Waals surface area contributed by atoms with E-state index in [0.29, 0.717) is 34.2 Å². The zero-order chi connectivity index (χ0) is 23.9. The number of nitrogens with one attached hydrogen (secondary N) is 2. The molecule has 172 valence electrons. The Hall–Kier alpha value is -4.23. The number of nitrogens with zero attached hydrogens (tertiary/aromatic N) is 1. The fourth-order valence-electron chi connectivity index (χ4n) is 3.56. The first-order chi connectivity index (χ1) is 16.6. The Kier molecular flexibility index (Phi) is 7.15. The number of hydrogen-bond donors (Lipinski definition) is 2. The molecule has 1 unspecified atom stereocenters. The highest BCUT2D eigenvalue weighted by Crippen LogP contribution is 2.29. The maximum Gasteiger partial charge on any atom is 0.255 e. The second kappa shape index (κ2) is 10.6. The normalized spacial score (nSPS) is 11.6. The van der Waals surface area contributed by atoms with Crippen molar-refractivity contribution in [2.75, 3.05) is 12.4 Å². The number of carbonyl (C=O) groups excluding carboxylic acids is 2. The van der Waals surface area contributed by atoms with E-state index in [1.165, 1.54) is 7.11 Å². The van der Waals surface area contributed by atoms with E-state index < -0.39 is 6.10 Å². The zero-order valence-corrected chi connectivity index (χ0v) is 18.9. The Morgan fingerprint density at radius 3 is 2.29 bits per heavy atom. The number of oxazole rings is 1. The summed E-state index contributed by atoms with van der Waals surface area (Å²) in [6, 6.07) is 25.5. The molecule has 34 heavy (non-hydrogen) atoms. The van der Waals surface area contributed by atoms with Crippen LogP contribution in [0.15, 0.2) is 89.3 Å². The molecule has 0 aliphatic heterocycles. The van der Waals surface area contributed by atoms with Gasteiger partial charge in [0, 0.05) is 12.7 Å². The van der Waals surface area contributed by atoms with E-state index in [9.17, 15) is 9.59 Å². The molecule has 0 aliphatic carbocycles. The van der Waals surface area contributed by atoms with Crippen LogP contribution in [0, 0.1) is 6.92 Å². The number of aryl methyl sites for hydroxylation is 1. The Morgan fingerprint density at radius 2 is 1.59 bits per heavy atom. The van der Waals surface area contributed by atoms with E-state index in [2.05, 4.69) is 15.6 Å². The van der Waals surface area contributed by atoms with Crippen molar-refractivity contribution < 1.29 is 18.7 Å². The summed E-state index contributed by atoms with van der Waals surface area (Å²) in [5.41, 5.74) is 3.14. The van der Waals surface area contributed by atoms with E-state index in [4.69, 9.17) is 9.15 Å². The first-order valence-electron chi connectivity index (χ1n) is 10.8. The lowest BCUT2D eigenvalue weighted by Crippen LogP contribution is -2.30. The monoisotopic (exact) mass is 455 g/mol. The van der Waals surface area contributed by atoms with Gasteiger partial charge in [0.15, 0.2) is 6.10 Å². The van der Waals surface area contributed by atoms with Gasteiger partial charge in [-0.05, 0) is 36.8 Å². The van der Waals surface area contributed by atoms with Crippen LogP contribution in [0.25, 0.3) is 11.5 Å². The summed E-state index contributed by atoms with van der Waals surface area (Å²) in [7, 11) is 1.50. The number of carbonyl (C=O) groups is 2. The molecule has 0 radical (unpaired) electrons. The van der Waals surface area contributed by atoms with Crippen LogP contribution in [0.3, 0.4) is 0 Å². The SMILES string of the molecule is COC(C(=O)NCc1nc(-c2ccccc2NC(=O)c2ccccc2)oc1C)c1ccccc1. The minimum absolute atomic E-state index is 0.180. The molecule has 4 aromatic rings. The molecule has 2 amide bonds. The maximum atomic E-state index is 12.7. The van der Waals surface area contributed by atoms with E-state index in [-0.39, 0.29) is 18.4 Å². The number of ether oxygens (including phenoxy) is 1. The van der Waals surface area contributed by atoms with Gasteiger partial charge in [0.1, 0.15) is 11.5 Å². The minimum Gasteiger partial charge on any atom is -0.441 e. The zero-order valence-electron chi connectivity index (χ0n) is 18.9. The summed E-state index contributed by atoms with van der Waals surface area (Å²) in [5, 5.41) is 5.79. The molecular formula is C27H25N3O4. The standard InChI is InChI=1S/C27H25N3O4/c1-18-23(17-28-26(32)24(33-2)19-11-5-3-6-12-19)30-27(34-18)21-15-9-10-16-22(21)29-25(31)20-13-7-4-8-14-20/h3-16,24H,17H2,1-2H3,(H,28,32)(H,29,31). The van der Waals surface area contributed by atoms with Crippen LogP contribution in [0.5, 0.6) is 0 Å². The maximum absolute atomic E-state index is 12.7. The highest BCUT2D eigenvalue weighted by atomic mass is 16.5. The summed E-state index contributed by atoms with van der Waals surface area (Å²) < 4.78 is 11.3. The summed E-state index contributed by atoms with van der Waals surface area (Å²) in [6.07, 6.45) is -0.721. The molecule has 0 fully saturated rings. The van der Waals surface area contributed by atoms with Crippen molar-refractivity contribution in [3.8, 4) is 11.5 Å². The lowest BCUT2D eigenvalue weighted by Gasteiger charge is -2.15. The van der Waals surface area contributed by atoms with Crippen LogP contribution in [-0.2, 0) is 16.1 Å². The van der Waals surface area contributed by atoms with Crippen molar-refractivity contribution in [1.29, 1.82) is 0 Å². The molecule has 0 bridgehead atoms. The molecule has 3 aromatic carbocycles. The highest BCUT2D eigenvalue weighted by Gasteiger charge is 2.21. The quantitative estimate of drug-likeness (QED) is 0.394. The largest absolute Gasteiger partial charge is 0.441 e. The third kappa shape index (κ3) is 5.22. The van der Waals surface area contributed by atoms with Crippen molar-refractivity contribution in [2.45, 2.75) is 19.6 Å². The lowest BCUT2D eigenvalue weighted by atomic mass is 10.1. The first-order valence-corrected chi connectivity index (χ1v) is 10.8. The van der Waals surface area contributed by atoms with E-state index in [0.717, 1.165) is 5.56 Å². The average molecular weight is 456 g/mol. The molecule has 1 heterocycles. The molecule has 7 nitrogen and oxygen atoms in total. The molecule has 2 N–H and O–H groups in total. The predicted molar refractivity (Wildman–Crippen MR) is 129 cm³/mol. The average Bonchev–Trinajstić information content (AvgIpc) is 3.25. The van der Waals surface area contributed by atoms with Crippen molar-refractivity contribution >= 4 is 17.5 Å². The fourth-order valence-corrected chi connectivity index (χ4v) is 3.56. The second-order valence-electron chi connectivity index (χ2n) is 7.63. The van der Waals surface area contributed by atoms with Gasteiger partial charge in [-0.3, -0.25) is 9.59 Å². The first kappa shape index (κ1) is 22.9. The molecule has 4 rings (SSSR count). The number of para-hydroxylation sites is 1. The molecule has 0 saturated carbocycles. The van der Waals surface area contributed by atoms with Gasteiger partial charge in [-0.25, -0.2) is 4.98 Å². The molecule has 0 aliphatic rings. The Bertz CT molecular complexity index is 1270. The molecular weight excluding hydrogens is 430 g/mol. The number of hydrogen-bond acceptors (Lipinski definition) is 5. The van der Waals surface area contributed by atoms with Gasteiger partial charge in [0.05, 0.1) is 17.8 Å². The number of benzene rings is 3. The van der Waals surface area contributed by atoms with Gasteiger partial charge >= 0.3 is 0 Å². The van der Waals surface area contributed by atoms with Crippen molar-refractivity contribution in [1.82, 2.24) is 10.3 Å². The van der Waals surface area contributed by atoms with Crippen LogP contribution < -0.4 is 10.6 Å². The number of aromatic nitrogens is 1. The van der Waals surface area contributed by atoms with Crippen LogP contribution >= 0.6 is 0 Å². The van der Waals surface area contributed by atoms with Gasteiger partial charge < -0.3 is 19.8 Å². The summed E-state index contributed by atoms with van der Waals surface area (Å²) in [6.45, 7) is 1.97. The van der Waals surface area contributed by atoms with Gasteiger partial charge in [-0.15, -0.1) is 0 Å². The third-order valence-electron chi connectivity index (χ3n) is 5.34. The van der Waals surface area contributed by atoms with Gasteiger partial charge in [-0.2, -0.15) is 0 Å². The molecule has 1 atom stereocenters. The molecule has 1 aromatic heterocycles. The Balaban J connectivity index is 1.49. The number of amides is 2. The molecule has 0 saturated heterocycles. The Labute approximate surface area is 197 Å². The van der Waals surface area contributed by atoms with E-state index in [1.807, 2.05) is 66.7 Å². The van der Waals surface area contributed by atoms with Crippen molar-refractivity contribution in [2.24, 2.45) is 0 Å². The Morgan fingerprint density at radius 1 is 0.941 bits per heavy atom. The number of rotatable bonds is 8. The molecule has 0 spiro atoms. The van der Waals surface area contributed by atoms with Gasteiger partial charge in [0.25, 0.3) is 11.8 Å². The van der Waals surface area contributed by atoms with E-state index in [1.54, 1.807) is 25.1 Å². The molecule has 7 heteroatoms. The summed E-state index contributed by atoms with van der Waals surface area (Å²) >= 11 is 0. The fraction of sp³-hybridized carbons (Fsp3) is 0.148. The van der Waals surface area contributed by atoms with Crippen molar-refractivity contribution in [3.05, 3.63) is 108 Å². The minimum atomic E-state index is -0.721. The second-order valence-corrected chi connectivity index (χ2v) is 7.63. The van der Waals surface area contributed by atoms with Gasteiger partial charge in [0.2, 0.25) is 5.89 Å². The van der Waals surface area contributed by atoms with Crippen LogP contribution in [0.2, 0.25) is 0 Å². The van der Waals surface area contributed by atoms with Gasteiger partial charge in [-0.1, -0.05) is 60.7 Å². The number of anilines is 1. The van der Waals surface area contributed by atoms with E-state index >= 15 is 0 Å². The van der Waals surface area contributed by atoms with Crippen LogP contribution in [-0.4, -0.2) is 23.9 Å². The van der Waals surface area contributed by atoms with Crippen molar-refractivity contribution in [3.63, 3.8) is 0 Å². The summed E-state index contributed by atoms with van der Waals surface area (Å²) in [5.74, 6) is 0.439. The topological polar surface area (TPSA) is 93.5 Å². The highest BCUT2D eigenvalue weighted by molar-refractivity contribution is 6.05. The van der Waals surface area contributed by atoms with Crippen LogP contribution in [0.1, 0.15) is 33.5 Å². The third-order valence-corrected chi connectivity index (χ3v) is 5.34.